The Morgan fingerprint density at radius 1 is 0.769 bits per heavy atom. The van der Waals surface area contributed by atoms with Gasteiger partial charge >= 0.3 is 0 Å². The molecule has 0 saturated carbocycles. The van der Waals surface area contributed by atoms with Gasteiger partial charge in [-0.15, -0.1) is 0 Å². The van der Waals surface area contributed by atoms with E-state index in [1.807, 2.05) is 0 Å². The molecule has 0 aliphatic rings. The molecule has 0 aromatic rings. The maximum atomic E-state index is 2.59. The van der Waals surface area contributed by atoms with Crippen molar-refractivity contribution in [2.24, 2.45) is 0 Å². The van der Waals surface area contributed by atoms with Gasteiger partial charge in [-0.3, -0.25) is 0 Å². The second kappa shape index (κ2) is 6.19. The van der Waals surface area contributed by atoms with E-state index in [4.69, 9.17) is 0 Å². The van der Waals surface area contributed by atoms with Gasteiger partial charge in [0, 0.05) is 25.7 Å². The lowest BCUT2D eigenvalue weighted by Gasteiger charge is -2.23. The molecule has 0 aromatic heterocycles. The van der Waals surface area contributed by atoms with E-state index in [2.05, 4.69) is 39.3 Å². The highest BCUT2D eigenvalue weighted by molar-refractivity contribution is 6.79. The molecule has 0 nitrogen and oxygen atoms in total. The fourth-order valence-electron chi connectivity index (χ4n) is 1.30. The van der Waals surface area contributed by atoms with Crippen LogP contribution >= 0.6 is 0 Å². The Morgan fingerprint density at radius 3 is 1.31 bits per heavy atom. The minimum absolute atomic E-state index is 0.0377. The SMILES string of the molecule is C[Si](C)CC[Si](C)(C)CC[Si](C)C. The van der Waals surface area contributed by atoms with Gasteiger partial charge in [-0.2, -0.15) is 0 Å². The molecule has 0 atom stereocenters. The topological polar surface area (TPSA) is 0 Å². The minimum atomic E-state index is -0.778. The molecule has 0 fully saturated rings. The summed E-state index contributed by atoms with van der Waals surface area (Å²) in [5.74, 6) is 0. The van der Waals surface area contributed by atoms with Gasteiger partial charge in [0.15, 0.2) is 0 Å². The van der Waals surface area contributed by atoms with Crippen LogP contribution in [0.3, 0.4) is 0 Å². The van der Waals surface area contributed by atoms with E-state index in [1.165, 1.54) is 0 Å². The standard InChI is InChI=1S/C10H26Si3/c1-11(2)7-9-13(5,6)10-8-12(3)4/h7-10H2,1-6H3. The van der Waals surface area contributed by atoms with Crippen molar-refractivity contribution in [2.45, 2.75) is 63.5 Å². The summed E-state index contributed by atoms with van der Waals surface area (Å²) in [6.07, 6.45) is 0. The van der Waals surface area contributed by atoms with E-state index >= 15 is 0 Å². The lowest BCUT2D eigenvalue weighted by Crippen LogP contribution is -2.27. The number of hydrogen-bond donors (Lipinski definition) is 0. The molecule has 0 heterocycles. The summed E-state index contributed by atoms with van der Waals surface area (Å²) < 4.78 is 0. The van der Waals surface area contributed by atoms with Crippen LogP contribution in [0, 0.1) is 0 Å². The highest BCUT2D eigenvalue weighted by Gasteiger charge is 2.20. The maximum absolute atomic E-state index is 2.59. The molecule has 0 saturated heterocycles. The molecule has 0 amide bonds. The second-order valence-corrected chi connectivity index (χ2v) is 16.7. The first-order valence-corrected chi connectivity index (χ1v) is 14.2. The van der Waals surface area contributed by atoms with Crippen molar-refractivity contribution in [3.63, 3.8) is 0 Å². The Morgan fingerprint density at radius 2 is 1.08 bits per heavy atom. The van der Waals surface area contributed by atoms with Crippen LogP contribution in [0.5, 0.6) is 0 Å². The Bertz CT molecular complexity index is 116. The van der Waals surface area contributed by atoms with E-state index in [0.717, 1.165) is 0 Å². The van der Waals surface area contributed by atoms with E-state index < -0.39 is 8.07 Å². The molecule has 0 aliphatic heterocycles. The Labute approximate surface area is 89.4 Å². The Balaban J connectivity index is 3.66. The van der Waals surface area contributed by atoms with Gasteiger partial charge in [0.1, 0.15) is 0 Å². The molecule has 0 spiro atoms. The summed E-state index contributed by atoms with van der Waals surface area (Å²) in [7, 11) is -0.703. The van der Waals surface area contributed by atoms with Crippen LogP contribution in [-0.2, 0) is 0 Å². The summed E-state index contributed by atoms with van der Waals surface area (Å²) >= 11 is 0. The average Bonchev–Trinajstić information content (AvgIpc) is 1.98. The predicted octanol–water partition coefficient (Wildman–Crippen LogP) is 4.20. The Kier molecular flexibility index (Phi) is 6.50. The van der Waals surface area contributed by atoms with Crippen molar-refractivity contribution in [1.82, 2.24) is 0 Å². The largest absolute Gasteiger partial charge is 0.0713 e. The molecule has 2 radical (unpaired) electrons. The quantitative estimate of drug-likeness (QED) is 0.600. The first kappa shape index (κ1) is 13.7. The van der Waals surface area contributed by atoms with Crippen LogP contribution in [0.1, 0.15) is 0 Å². The summed E-state index contributed by atoms with van der Waals surface area (Å²) in [6, 6.07) is 6.28. The van der Waals surface area contributed by atoms with Gasteiger partial charge < -0.3 is 0 Å². The van der Waals surface area contributed by atoms with Crippen molar-refractivity contribution >= 4 is 25.7 Å². The number of rotatable bonds is 6. The summed E-state index contributed by atoms with van der Waals surface area (Å²) in [5, 5.41) is 0. The molecule has 0 aromatic carbocycles. The van der Waals surface area contributed by atoms with E-state index in [-0.39, 0.29) is 17.6 Å². The highest BCUT2D eigenvalue weighted by Crippen LogP contribution is 2.22. The van der Waals surface area contributed by atoms with Crippen molar-refractivity contribution in [3.8, 4) is 0 Å². The third-order valence-corrected chi connectivity index (χ3v) is 9.31. The molecule has 0 unspecified atom stereocenters. The van der Waals surface area contributed by atoms with Crippen molar-refractivity contribution in [2.75, 3.05) is 0 Å². The molecule has 0 bridgehead atoms. The summed E-state index contributed by atoms with van der Waals surface area (Å²) in [4.78, 5) is 0. The number of hydrogen-bond acceptors (Lipinski definition) is 0. The lowest BCUT2D eigenvalue weighted by atomic mass is 10.9. The fraction of sp³-hybridized carbons (Fsp3) is 1.00. The molecule has 3 heteroatoms. The monoisotopic (exact) mass is 230 g/mol. The maximum Gasteiger partial charge on any atom is 0.0468 e. The molecular formula is C10H26Si3. The third kappa shape index (κ3) is 8.97. The van der Waals surface area contributed by atoms with Gasteiger partial charge in [-0.25, -0.2) is 0 Å². The fourth-order valence-corrected chi connectivity index (χ4v) is 11.0. The van der Waals surface area contributed by atoms with Crippen molar-refractivity contribution in [3.05, 3.63) is 0 Å². The lowest BCUT2D eigenvalue weighted by molar-refractivity contribution is 1.21. The normalized spacial score (nSPS) is 12.9. The smallest absolute Gasteiger partial charge is 0.0468 e. The molecule has 0 rings (SSSR count). The zero-order valence-corrected chi connectivity index (χ0v) is 13.3. The van der Waals surface area contributed by atoms with Gasteiger partial charge in [0.2, 0.25) is 0 Å². The van der Waals surface area contributed by atoms with Crippen LogP contribution in [-0.4, -0.2) is 25.7 Å². The van der Waals surface area contributed by atoms with Gasteiger partial charge in [0.25, 0.3) is 0 Å². The van der Waals surface area contributed by atoms with Crippen LogP contribution in [0.25, 0.3) is 0 Å². The van der Waals surface area contributed by atoms with Gasteiger partial charge in [-0.1, -0.05) is 63.5 Å². The minimum Gasteiger partial charge on any atom is -0.0713 e. The molecule has 13 heavy (non-hydrogen) atoms. The zero-order chi connectivity index (χ0) is 10.5. The van der Waals surface area contributed by atoms with E-state index in [0.29, 0.717) is 0 Å². The summed E-state index contributed by atoms with van der Waals surface area (Å²) in [5.41, 5.74) is 0. The molecule has 78 valence electrons. The first-order valence-electron chi connectivity index (χ1n) is 5.41. The third-order valence-electron chi connectivity index (χ3n) is 2.60. The average molecular weight is 231 g/mol. The van der Waals surface area contributed by atoms with Crippen molar-refractivity contribution in [1.29, 1.82) is 0 Å². The van der Waals surface area contributed by atoms with Gasteiger partial charge in [-0.05, 0) is 0 Å². The van der Waals surface area contributed by atoms with Crippen LogP contribution < -0.4 is 0 Å². The van der Waals surface area contributed by atoms with Crippen LogP contribution in [0.15, 0.2) is 0 Å². The van der Waals surface area contributed by atoms with Gasteiger partial charge in [0.05, 0.1) is 0 Å². The molecule has 0 N–H and O–H groups in total. The summed E-state index contributed by atoms with van der Waals surface area (Å²) in [6.45, 7) is 15.0. The predicted molar refractivity (Wildman–Crippen MR) is 71.7 cm³/mol. The van der Waals surface area contributed by atoms with Crippen LogP contribution in [0.4, 0.5) is 0 Å². The first-order chi connectivity index (χ1) is 5.83. The molecular weight excluding hydrogens is 204 g/mol. The highest BCUT2D eigenvalue weighted by atomic mass is 28.3. The Hall–Kier alpha value is 0.651. The van der Waals surface area contributed by atoms with Crippen LogP contribution in [0.2, 0.25) is 63.5 Å². The van der Waals surface area contributed by atoms with Crippen molar-refractivity contribution < 1.29 is 0 Å². The van der Waals surface area contributed by atoms with E-state index in [1.54, 1.807) is 24.2 Å². The second-order valence-electron chi connectivity index (χ2n) is 5.58. The zero-order valence-electron chi connectivity index (χ0n) is 10.3. The molecule has 0 aliphatic carbocycles. The van der Waals surface area contributed by atoms with E-state index in [9.17, 15) is 0 Å².